The summed E-state index contributed by atoms with van der Waals surface area (Å²) in [5.41, 5.74) is 6.41. The zero-order valence-corrected chi connectivity index (χ0v) is 13.1. The van der Waals surface area contributed by atoms with Crippen molar-refractivity contribution in [1.29, 1.82) is 0 Å². The first-order chi connectivity index (χ1) is 9.52. The molecule has 1 saturated carbocycles. The molecule has 20 heavy (non-hydrogen) atoms. The molecule has 5 heteroatoms. The van der Waals surface area contributed by atoms with E-state index in [9.17, 15) is 4.79 Å². The Balaban J connectivity index is 2.18. The summed E-state index contributed by atoms with van der Waals surface area (Å²) in [5.74, 6) is -0.0412. The Morgan fingerprint density at radius 3 is 2.55 bits per heavy atom. The Labute approximate surface area is 130 Å². The molecule has 2 N–H and O–H groups in total. The minimum Gasteiger partial charge on any atom is -0.336 e. The van der Waals surface area contributed by atoms with Gasteiger partial charge in [0.15, 0.2) is 0 Å². The average Bonchev–Trinajstić information content (AvgIpc) is 2.44. The predicted octanol–water partition coefficient (Wildman–Crippen LogP) is 3.73. The van der Waals surface area contributed by atoms with Gasteiger partial charge in [-0.25, -0.2) is 0 Å². The molecule has 1 aliphatic carbocycles. The summed E-state index contributed by atoms with van der Waals surface area (Å²) in [6.07, 6.45) is 3.85. The minimum atomic E-state index is -0.0412. The van der Waals surface area contributed by atoms with Gasteiger partial charge < -0.3 is 10.6 Å². The van der Waals surface area contributed by atoms with Crippen molar-refractivity contribution >= 4 is 29.1 Å². The third kappa shape index (κ3) is 3.46. The molecule has 0 saturated heterocycles. The van der Waals surface area contributed by atoms with Crippen molar-refractivity contribution in [2.45, 2.75) is 44.7 Å². The first kappa shape index (κ1) is 15.6. The third-order valence-electron chi connectivity index (χ3n) is 3.94. The second-order valence-electron chi connectivity index (χ2n) is 5.28. The van der Waals surface area contributed by atoms with Gasteiger partial charge in [-0.15, -0.1) is 0 Å². The van der Waals surface area contributed by atoms with Gasteiger partial charge in [0.25, 0.3) is 5.91 Å². The van der Waals surface area contributed by atoms with Crippen LogP contribution >= 0.6 is 23.2 Å². The Hall–Kier alpha value is -0.770. The first-order valence-electron chi connectivity index (χ1n) is 7.04. The lowest BCUT2D eigenvalue weighted by molar-refractivity contribution is 0.0641. The number of carbonyl (C=O) groups is 1. The Bertz CT molecular complexity index is 485. The smallest absolute Gasteiger partial charge is 0.255 e. The van der Waals surface area contributed by atoms with E-state index in [1.807, 2.05) is 11.8 Å². The Kier molecular flexibility index (Phi) is 5.30. The average molecular weight is 315 g/mol. The molecule has 1 fully saturated rings. The molecular formula is C15H20Cl2N2O. The van der Waals surface area contributed by atoms with E-state index in [1.54, 1.807) is 18.2 Å². The van der Waals surface area contributed by atoms with Crippen molar-refractivity contribution in [3.63, 3.8) is 0 Å². The summed E-state index contributed by atoms with van der Waals surface area (Å²) in [5, 5.41) is 0.977. The quantitative estimate of drug-likeness (QED) is 0.924. The highest BCUT2D eigenvalue weighted by Crippen LogP contribution is 2.27. The van der Waals surface area contributed by atoms with Crippen LogP contribution in [-0.2, 0) is 0 Å². The van der Waals surface area contributed by atoms with Crippen LogP contribution in [0.15, 0.2) is 18.2 Å². The number of benzene rings is 1. The molecule has 0 atom stereocenters. The fourth-order valence-corrected chi connectivity index (χ4v) is 3.17. The van der Waals surface area contributed by atoms with Crippen LogP contribution < -0.4 is 5.73 Å². The van der Waals surface area contributed by atoms with Gasteiger partial charge in [-0.2, -0.15) is 0 Å². The summed E-state index contributed by atoms with van der Waals surface area (Å²) in [4.78, 5) is 14.6. The second kappa shape index (κ2) is 6.79. The summed E-state index contributed by atoms with van der Waals surface area (Å²) in [6, 6.07) is 5.53. The van der Waals surface area contributed by atoms with Gasteiger partial charge in [0.2, 0.25) is 0 Å². The minimum absolute atomic E-state index is 0.0412. The number of nitrogens with two attached hydrogens (primary N) is 1. The highest BCUT2D eigenvalue weighted by atomic mass is 35.5. The molecule has 0 bridgehead atoms. The van der Waals surface area contributed by atoms with Crippen molar-refractivity contribution < 1.29 is 4.79 Å². The van der Waals surface area contributed by atoms with Crippen LogP contribution in [0.2, 0.25) is 10.0 Å². The van der Waals surface area contributed by atoms with E-state index >= 15 is 0 Å². The number of rotatable bonds is 3. The van der Waals surface area contributed by atoms with Crippen LogP contribution in [0, 0.1) is 0 Å². The van der Waals surface area contributed by atoms with Crippen molar-refractivity contribution in [2.24, 2.45) is 5.73 Å². The molecular weight excluding hydrogens is 295 g/mol. The van der Waals surface area contributed by atoms with E-state index < -0.39 is 0 Å². The number of hydrogen-bond acceptors (Lipinski definition) is 2. The zero-order valence-electron chi connectivity index (χ0n) is 11.6. The molecule has 0 heterocycles. The van der Waals surface area contributed by atoms with Crippen molar-refractivity contribution in [1.82, 2.24) is 4.90 Å². The van der Waals surface area contributed by atoms with Crippen molar-refractivity contribution in [2.75, 3.05) is 6.54 Å². The van der Waals surface area contributed by atoms with Crippen LogP contribution in [-0.4, -0.2) is 29.4 Å². The summed E-state index contributed by atoms with van der Waals surface area (Å²) >= 11 is 12.1. The maximum Gasteiger partial charge on any atom is 0.255 e. The van der Waals surface area contributed by atoms with E-state index in [4.69, 9.17) is 28.9 Å². The normalized spacial score (nSPS) is 22.6. The molecule has 0 spiro atoms. The van der Waals surface area contributed by atoms with Crippen molar-refractivity contribution in [3.05, 3.63) is 33.8 Å². The molecule has 2 rings (SSSR count). The second-order valence-corrected chi connectivity index (χ2v) is 6.13. The van der Waals surface area contributed by atoms with Gasteiger partial charge in [-0.1, -0.05) is 23.2 Å². The van der Waals surface area contributed by atoms with Gasteiger partial charge in [0.05, 0.1) is 10.6 Å². The molecule has 1 aliphatic rings. The standard InChI is InChI=1S/C15H20Cl2N2O/c1-2-19(12-6-4-11(18)5-7-12)15(20)13-9-10(16)3-8-14(13)17/h3,8-9,11-12H,2,4-7,18H2,1H3. The fraction of sp³-hybridized carbons (Fsp3) is 0.533. The summed E-state index contributed by atoms with van der Waals surface area (Å²) < 4.78 is 0. The third-order valence-corrected chi connectivity index (χ3v) is 4.51. The molecule has 1 amide bonds. The van der Waals surface area contributed by atoms with E-state index in [-0.39, 0.29) is 18.0 Å². The lowest BCUT2D eigenvalue weighted by Crippen LogP contribution is -2.44. The van der Waals surface area contributed by atoms with Crippen molar-refractivity contribution in [3.8, 4) is 0 Å². The molecule has 1 aromatic carbocycles. The van der Waals surface area contributed by atoms with Gasteiger partial charge >= 0.3 is 0 Å². The Morgan fingerprint density at radius 2 is 1.95 bits per heavy atom. The largest absolute Gasteiger partial charge is 0.336 e. The van der Waals surface area contributed by atoms with Crippen LogP contribution in [0.1, 0.15) is 43.0 Å². The molecule has 0 unspecified atom stereocenters. The lowest BCUT2D eigenvalue weighted by atomic mass is 9.90. The van der Waals surface area contributed by atoms with Crippen LogP contribution in [0.25, 0.3) is 0 Å². The van der Waals surface area contributed by atoms with Crippen LogP contribution in [0.4, 0.5) is 0 Å². The van der Waals surface area contributed by atoms with E-state index in [2.05, 4.69) is 0 Å². The molecule has 0 radical (unpaired) electrons. The number of hydrogen-bond donors (Lipinski definition) is 1. The maximum atomic E-state index is 12.7. The fourth-order valence-electron chi connectivity index (χ4n) is 2.80. The SMILES string of the molecule is CCN(C(=O)c1cc(Cl)ccc1Cl)C1CCC(N)CC1. The van der Waals surface area contributed by atoms with Gasteiger partial charge in [-0.3, -0.25) is 4.79 Å². The predicted molar refractivity (Wildman–Crippen MR) is 83.4 cm³/mol. The number of nitrogens with zero attached hydrogens (tertiary/aromatic N) is 1. The lowest BCUT2D eigenvalue weighted by Gasteiger charge is -2.35. The van der Waals surface area contributed by atoms with Crippen LogP contribution in [0.3, 0.4) is 0 Å². The molecule has 0 aromatic heterocycles. The van der Waals surface area contributed by atoms with Crippen LogP contribution in [0.5, 0.6) is 0 Å². The zero-order chi connectivity index (χ0) is 14.7. The van der Waals surface area contributed by atoms with Gasteiger partial charge in [-0.05, 0) is 50.8 Å². The molecule has 3 nitrogen and oxygen atoms in total. The van der Waals surface area contributed by atoms with E-state index in [1.165, 1.54) is 0 Å². The topological polar surface area (TPSA) is 46.3 Å². The van der Waals surface area contributed by atoms with Gasteiger partial charge in [0, 0.05) is 23.7 Å². The molecule has 0 aliphatic heterocycles. The summed E-state index contributed by atoms with van der Waals surface area (Å²) in [7, 11) is 0. The highest BCUT2D eigenvalue weighted by Gasteiger charge is 2.28. The van der Waals surface area contributed by atoms with Gasteiger partial charge in [0.1, 0.15) is 0 Å². The highest BCUT2D eigenvalue weighted by molar-refractivity contribution is 6.35. The molecule has 110 valence electrons. The number of amides is 1. The Morgan fingerprint density at radius 1 is 1.30 bits per heavy atom. The van der Waals surface area contributed by atoms with E-state index in [0.29, 0.717) is 22.2 Å². The number of carbonyl (C=O) groups excluding carboxylic acids is 1. The monoisotopic (exact) mass is 314 g/mol. The van der Waals surface area contributed by atoms with E-state index in [0.717, 1.165) is 25.7 Å². The number of halogens is 2. The maximum absolute atomic E-state index is 12.7. The molecule has 1 aromatic rings. The summed E-state index contributed by atoms with van der Waals surface area (Å²) in [6.45, 7) is 2.66. The first-order valence-corrected chi connectivity index (χ1v) is 7.80.